The SMILES string of the molecule is Cc1ccc(-n2nccn2)c(C(=O)N2CCN(C(=O)O)CCC2C)c1. The summed E-state index contributed by atoms with van der Waals surface area (Å²) < 4.78 is 0. The van der Waals surface area contributed by atoms with Gasteiger partial charge in [0.25, 0.3) is 5.91 Å². The van der Waals surface area contributed by atoms with Crippen molar-refractivity contribution in [3.05, 3.63) is 41.7 Å². The molecule has 2 aromatic rings. The molecule has 2 amide bonds. The highest BCUT2D eigenvalue weighted by atomic mass is 16.4. The molecule has 1 aliphatic rings. The number of carbonyl (C=O) groups excluding carboxylic acids is 1. The van der Waals surface area contributed by atoms with Crippen molar-refractivity contribution in [2.24, 2.45) is 0 Å². The molecule has 1 N–H and O–H groups in total. The summed E-state index contributed by atoms with van der Waals surface area (Å²) in [5.74, 6) is -0.129. The Balaban J connectivity index is 1.92. The van der Waals surface area contributed by atoms with Crippen molar-refractivity contribution in [3.63, 3.8) is 0 Å². The molecular formula is C17H21N5O3. The molecule has 3 rings (SSSR count). The first kappa shape index (κ1) is 16.9. The van der Waals surface area contributed by atoms with Crippen molar-refractivity contribution in [2.75, 3.05) is 19.6 Å². The molecule has 0 saturated carbocycles. The van der Waals surface area contributed by atoms with E-state index in [1.54, 1.807) is 17.3 Å². The fourth-order valence-electron chi connectivity index (χ4n) is 3.04. The van der Waals surface area contributed by atoms with E-state index >= 15 is 0 Å². The Morgan fingerprint density at radius 1 is 1.16 bits per heavy atom. The van der Waals surface area contributed by atoms with E-state index in [1.807, 2.05) is 32.0 Å². The van der Waals surface area contributed by atoms with Crippen LogP contribution in [0, 0.1) is 6.92 Å². The molecule has 1 atom stereocenters. The molecule has 1 fully saturated rings. The zero-order valence-corrected chi connectivity index (χ0v) is 14.3. The fourth-order valence-corrected chi connectivity index (χ4v) is 3.04. The predicted octanol–water partition coefficient (Wildman–Crippen LogP) is 1.79. The van der Waals surface area contributed by atoms with E-state index in [0.29, 0.717) is 37.3 Å². The third kappa shape index (κ3) is 3.47. The van der Waals surface area contributed by atoms with E-state index in [1.165, 1.54) is 9.70 Å². The van der Waals surface area contributed by atoms with E-state index in [9.17, 15) is 14.7 Å². The molecule has 25 heavy (non-hydrogen) atoms. The first-order valence-electron chi connectivity index (χ1n) is 8.23. The lowest BCUT2D eigenvalue weighted by Gasteiger charge is -2.27. The topological polar surface area (TPSA) is 91.6 Å². The van der Waals surface area contributed by atoms with E-state index in [4.69, 9.17) is 0 Å². The molecule has 1 unspecified atom stereocenters. The van der Waals surface area contributed by atoms with Crippen molar-refractivity contribution < 1.29 is 14.7 Å². The third-order valence-electron chi connectivity index (χ3n) is 4.51. The van der Waals surface area contributed by atoms with Crippen molar-refractivity contribution in [1.82, 2.24) is 24.8 Å². The van der Waals surface area contributed by atoms with Gasteiger partial charge in [-0.15, -0.1) is 0 Å². The normalized spacial score (nSPS) is 18.1. The molecule has 8 heteroatoms. The van der Waals surface area contributed by atoms with Crippen LogP contribution in [0.1, 0.15) is 29.3 Å². The summed E-state index contributed by atoms with van der Waals surface area (Å²) in [6.07, 6.45) is 2.79. The predicted molar refractivity (Wildman–Crippen MR) is 90.8 cm³/mol. The van der Waals surface area contributed by atoms with Crippen molar-refractivity contribution in [2.45, 2.75) is 26.3 Å². The number of aryl methyl sites for hydroxylation is 1. The molecule has 0 bridgehead atoms. The van der Waals surface area contributed by atoms with Gasteiger partial charge in [0.05, 0.1) is 23.6 Å². The van der Waals surface area contributed by atoms with Gasteiger partial charge in [-0.25, -0.2) is 4.79 Å². The van der Waals surface area contributed by atoms with Crippen LogP contribution < -0.4 is 0 Å². The molecule has 0 radical (unpaired) electrons. The summed E-state index contributed by atoms with van der Waals surface area (Å²) in [6.45, 7) is 4.99. The van der Waals surface area contributed by atoms with E-state index in [-0.39, 0.29) is 11.9 Å². The van der Waals surface area contributed by atoms with Crippen LogP contribution in [0.3, 0.4) is 0 Å². The molecule has 132 valence electrons. The molecule has 0 aliphatic carbocycles. The lowest BCUT2D eigenvalue weighted by Crippen LogP contribution is -2.40. The van der Waals surface area contributed by atoms with Crippen LogP contribution in [-0.2, 0) is 0 Å². The highest BCUT2D eigenvalue weighted by Crippen LogP contribution is 2.21. The van der Waals surface area contributed by atoms with Gasteiger partial charge in [-0.3, -0.25) is 4.79 Å². The average Bonchev–Trinajstić information content (AvgIpc) is 3.04. The monoisotopic (exact) mass is 343 g/mol. The summed E-state index contributed by atoms with van der Waals surface area (Å²) in [7, 11) is 0. The maximum Gasteiger partial charge on any atom is 0.407 e. The van der Waals surface area contributed by atoms with Crippen LogP contribution in [0.5, 0.6) is 0 Å². The number of hydrogen-bond acceptors (Lipinski definition) is 4. The van der Waals surface area contributed by atoms with Gasteiger partial charge in [0.1, 0.15) is 0 Å². The van der Waals surface area contributed by atoms with E-state index in [0.717, 1.165) is 5.56 Å². The summed E-state index contributed by atoms with van der Waals surface area (Å²) in [5, 5.41) is 17.5. The molecule has 1 aliphatic heterocycles. The van der Waals surface area contributed by atoms with Gasteiger partial charge < -0.3 is 14.9 Å². The molecule has 1 aromatic carbocycles. The van der Waals surface area contributed by atoms with Crippen LogP contribution in [0.2, 0.25) is 0 Å². The van der Waals surface area contributed by atoms with Gasteiger partial charge >= 0.3 is 6.09 Å². The number of hydrogen-bond donors (Lipinski definition) is 1. The molecule has 0 spiro atoms. The number of carbonyl (C=O) groups is 2. The quantitative estimate of drug-likeness (QED) is 0.897. The number of nitrogens with zero attached hydrogens (tertiary/aromatic N) is 5. The number of carboxylic acid groups (broad SMARTS) is 1. The van der Waals surface area contributed by atoms with Crippen LogP contribution in [-0.4, -0.2) is 67.6 Å². The van der Waals surface area contributed by atoms with Crippen LogP contribution in [0.25, 0.3) is 5.69 Å². The summed E-state index contributed by atoms with van der Waals surface area (Å²) in [5.41, 5.74) is 2.10. The Kier molecular flexibility index (Phi) is 4.69. The lowest BCUT2D eigenvalue weighted by molar-refractivity contribution is 0.0699. The van der Waals surface area contributed by atoms with Gasteiger partial charge in [-0.1, -0.05) is 11.6 Å². The largest absolute Gasteiger partial charge is 0.465 e. The smallest absolute Gasteiger partial charge is 0.407 e. The summed E-state index contributed by atoms with van der Waals surface area (Å²) >= 11 is 0. The highest BCUT2D eigenvalue weighted by molar-refractivity contribution is 5.98. The number of rotatable bonds is 2. The zero-order chi connectivity index (χ0) is 18.0. The van der Waals surface area contributed by atoms with Crippen molar-refractivity contribution >= 4 is 12.0 Å². The Morgan fingerprint density at radius 3 is 2.56 bits per heavy atom. The Labute approximate surface area is 145 Å². The van der Waals surface area contributed by atoms with Gasteiger partial charge in [-0.2, -0.15) is 15.0 Å². The molecule has 2 heterocycles. The Hall–Kier alpha value is -2.90. The zero-order valence-electron chi connectivity index (χ0n) is 14.3. The molecule has 1 aromatic heterocycles. The maximum atomic E-state index is 13.2. The second-order valence-corrected chi connectivity index (χ2v) is 6.24. The Bertz CT molecular complexity index is 775. The number of benzene rings is 1. The van der Waals surface area contributed by atoms with Crippen LogP contribution in [0.4, 0.5) is 4.79 Å². The van der Waals surface area contributed by atoms with Crippen molar-refractivity contribution in [1.29, 1.82) is 0 Å². The van der Waals surface area contributed by atoms with E-state index in [2.05, 4.69) is 10.2 Å². The second-order valence-electron chi connectivity index (χ2n) is 6.24. The van der Waals surface area contributed by atoms with Crippen LogP contribution >= 0.6 is 0 Å². The lowest BCUT2D eigenvalue weighted by atomic mass is 10.1. The molecule has 8 nitrogen and oxygen atoms in total. The van der Waals surface area contributed by atoms with Gasteiger partial charge in [0.15, 0.2) is 0 Å². The Morgan fingerprint density at radius 2 is 1.88 bits per heavy atom. The minimum Gasteiger partial charge on any atom is -0.465 e. The average molecular weight is 343 g/mol. The summed E-state index contributed by atoms with van der Waals surface area (Å²) in [6, 6.07) is 5.52. The first-order valence-corrected chi connectivity index (χ1v) is 8.23. The minimum atomic E-state index is -0.946. The van der Waals surface area contributed by atoms with Gasteiger partial charge in [-0.05, 0) is 32.4 Å². The standard InChI is InChI=1S/C17H21N5O3/c1-12-3-4-15(22-18-6-7-19-22)14(11-12)16(23)21-10-9-20(17(24)25)8-5-13(21)2/h3-4,6-7,11,13H,5,8-10H2,1-2H3,(H,24,25). The third-order valence-corrected chi connectivity index (χ3v) is 4.51. The van der Waals surface area contributed by atoms with E-state index < -0.39 is 6.09 Å². The van der Waals surface area contributed by atoms with Gasteiger partial charge in [0, 0.05) is 25.7 Å². The fraction of sp³-hybridized carbons (Fsp3) is 0.412. The minimum absolute atomic E-state index is 0.0456. The van der Waals surface area contributed by atoms with Gasteiger partial charge in [0.2, 0.25) is 0 Å². The first-order chi connectivity index (χ1) is 12.0. The maximum absolute atomic E-state index is 13.2. The number of amides is 2. The molecular weight excluding hydrogens is 322 g/mol. The second kappa shape index (κ2) is 6.92. The van der Waals surface area contributed by atoms with Crippen LogP contribution in [0.15, 0.2) is 30.6 Å². The van der Waals surface area contributed by atoms with Crippen molar-refractivity contribution in [3.8, 4) is 5.69 Å². The number of aromatic nitrogens is 3. The molecule has 1 saturated heterocycles. The highest BCUT2D eigenvalue weighted by Gasteiger charge is 2.29. The summed E-state index contributed by atoms with van der Waals surface area (Å²) in [4.78, 5) is 28.9.